The molecule has 0 aromatic heterocycles. The highest BCUT2D eigenvalue weighted by Gasteiger charge is 3.05. The fourth-order valence-corrected chi connectivity index (χ4v) is 8.70. The SMILES string of the molecule is O=C(C(F)(F)F)C(F)(F)F.OC(C(F)(F)F)(C(F)(F)F)C12C3CC4C1OC(C(F)(F)F)(C(F)(F)F)C4C32.OC(C1=CC2C=CC1C2)(C(F)(F)F)C(F)(F)F.[2HH]. The van der Waals surface area contributed by atoms with Gasteiger partial charge in [0.15, 0.2) is 0 Å². The molecule has 0 aromatic carbocycles. The number of alkyl halides is 24. The Kier molecular flexibility index (Phi) is 9.55. The molecule has 8 unspecified atom stereocenters. The summed E-state index contributed by atoms with van der Waals surface area (Å²) in [6, 6.07) is 0. The first kappa shape index (κ1) is 44.1. The lowest BCUT2D eigenvalue weighted by Gasteiger charge is -2.46. The molecular weight excluding hydrogens is 832 g/mol. The summed E-state index contributed by atoms with van der Waals surface area (Å²) in [5, 5.41) is 18.8. The van der Waals surface area contributed by atoms with E-state index in [1.165, 1.54) is 6.08 Å². The van der Waals surface area contributed by atoms with E-state index in [0.717, 1.165) is 6.08 Å². The monoisotopic (exact) mass is 851 g/mol. The third kappa shape index (κ3) is 5.69. The summed E-state index contributed by atoms with van der Waals surface area (Å²) in [6.07, 6.45) is -47.6. The molecule has 5 fully saturated rings. The van der Waals surface area contributed by atoms with E-state index in [-0.39, 0.29) is 7.85 Å². The van der Waals surface area contributed by atoms with E-state index in [0.29, 0.717) is 0 Å². The third-order valence-corrected chi connectivity index (χ3v) is 10.5. The van der Waals surface area contributed by atoms with Gasteiger partial charge in [0.25, 0.3) is 16.8 Å². The van der Waals surface area contributed by atoms with Crippen LogP contribution in [0.2, 0.25) is 0 Å². The van der Waals surface area contributed by atoms with Gasteiger partial charge in [-0.1, -0.05) is 18.2 Å². The molecule has 8 atom stereocenters. The number of carbonyl (C=O) groups excluding carboxylic acids is 1. The Morgan fingerprint density at radius 1 is 0.630 bits per heavy atom. The van der Waals surface area contributed by atoms with Crippen molar-refractivity contribution in [1.82, 2.24) is 0 Å². The third-order valence-electron chi connectivity index (χ3n) is 10.5. The number of carbonyl (C=O) groups is 1. The van der Waals surface area contributed by atoms with Gasteiger partial charge in [0, 0.05) is 13.3 Å². The summed E-state index contributed by atoms with van der Waals surface area (Å²) in [5.74, 6) is -13.6. The minimum Gasteiger partial charge on any atom is -0.373 e. The van der Waals surface area contributed by atoms with Crippen molar-refractivity contribution in [2.45, 2.75) is 85.2 Å². The zero-order chi connectivity index (χ0) is 42.4. The second-order valence-corrected chi connectivity index (χ2v) is 13.0. The number of allylic oxidation sites excluding steroid dienone is 3. The Bertz CT molecular complexity index is 1500. The van der Waals surface area contributed by atoms with Crippen molar-refractivity contribution >= 4 is 5.78 Å². The van der Waals surface area contributed by atoms with E-state index in [9.17, 15) is 115 Å². The molecule has 0 amide bonds. The van der Waals surface area contributed by atoms with Gasteiger partial charge in [-0.15, -0.1) is 0 Å². The van der Waals surface area contributed by atoms with Gasteiger partial charge in [-0.25, -0.2) is 0 Å². The van der Waals surface area contributed by atoms with Gasteiger partial charge < -0.3 is 14.9 Å². The average molecular weight is 851 g/mol. The zero-order valence-electron chi connectivity index (χ0n) is 25.0. The number of rotatable bonds is 2. The number of aliphatic hydroxyl groups is 2. The molecule has 6 aliphatic carbocycles. The summed E-state index contributed by atoms with van der Waals surface area (Å²) in [7, 11) is 0. The van der Waals surface area contributed by atoms with Crippen molar-refractivity contribution in [3.05, 3.63) is 23.8 Å². The minimum atomic E-state index is -6.36. The van der Waals surface area contributed by atoms with Crippen LogP contribution in [-0.2, 0) is 9.53 Å². The largest absolute Gasteiger partial charge is 0.459 e. The summed E-state index contributed by atoms with van der Waals surface area (Å²) in [4.78, 5) is 9.24. The molecule has 4 saturated carbocycles. The quantitative estimate of drug-likeness (QED) is 0.215. The number of ether oxygens (including phenoxy) is 1. The van der Waals surface area contributed by atoms with Gasteiger partial charge in [-0.3, -0.25) is 4.79 Å². The molecule has 1 heterocycles. The molecule has 8 bridgehead atoms. The normalized spacial score (nSPS) is 32.9. The molecule has 4 nitrogen and oxygen atoms in total. The second-order valence-electron chi connectivity index (χ2n) is 13.0. The van der Waals surface area contributed by atoms with E-state index >= 15 is 0 Å². The van der Waals surface area contributed by atoms with Gasteiger partial charge >= 0.3 is 55.2 Å². The lowest BCUT2D eigenvalue weighted by molar-refractivity contribution is -0.428. The molecular formula is C26H18F24O4. The highest BCUT2D eigenvalue weighted by Crippen LogP contribution is 2.93. The Morgan fingerprint density at radius 2 is 1.06 bits per heavy atom. The van der Waals surface area contributed by atoms with Crippen LogP contribution in [0.15, 0.2) is 23.8 Å². The maximum Gasteiger partial charge on any atom is 0.459 e. The van der Waals surface area contributed by atoms with E-state index < -0.39 is 131 Å². The number of Topliss-reactive ketones (excluding diaryl/α,β-unsaturated/α-hetero) is 1. The number of hydrogen-bond acceptors (Lipinski definition) is 4. The Balaban J connectivity index is 0.000000249. The molecule has 1 saturated heterocycles. The van der Waals surface area contributed by atoms with Crippen LogP contribution in [0.1, 0.15) is 14.3 Å². The summed E-state index contributed by atoms with van der Waals surface area (Å²) >= 11 is 0. The van der Waals surface area contributed by atoms with Gasteiger partial charge in [-0.05, 0) is 42.1 Å². The minimum absolute atomic E-state index is 0. The summed E-state index contributed by atoms with van der Waals surface area (Å²) in [6.45, 7) is 0. The van der Waals surface area contributed by atoms with Crippen LogP contribution in [0, 0.1) is 40.9 Å². The number of hydrogen-bond donors (Lipinski definition) is 2. The maximum atomic E-state index is 13.3. The Hall–Kier alpha value is -2.65. The van der Waals surface area contributed by atoms with Crippen molar-refractivity contribution in [1.29, 1.82) is 0 Å². The second kappa shape index (κ2) is 11.7. The van der Waals surface area contributed by atoms with Crippen LogP contribution in [-0.4, -0.2) is 88.3 Å². The fraction of sp³-hybridized carbons (Fsp3) is 0.808. The molecule has 0 spiro atoms. The van der Waals surface area contributed by atoms with Crippen LogP contribution in [0.5, 0.6) is 0 Å². The predicted octanol–water partition coefficient (Wildman–Crippen LogP) is 8.89. The number of fused-ring (bicyclic) bond motifs is 2. The predicted molar refractivity (Wildman–Crippen MR) is 123 cm³/mol. The van der Waals surface area contributed by atoms with Crippen molar-refractivity contribution in [3.63, 3.8) is 0 Å². The van der Waals surface area contributed by atoms with Crippen LogP contribution < -0.4 is 0 Å². The van der Waals surface area contributed by atoms with Crippen LogP contribution in [0.25, 0.3) is 0 Å². The van der Waals surface area contributed by atoms with Crippen LogP contribution in [0.4, 0.5) is 105 Å². The van der Waals surface area contributed by atoms with E-state index in [1.807, 2.05) is 0 Å². The molecule has 7 aliphatic rings. The molecule has 7 rings (SSSR count). The van der Waals surface area contributed by atoms with Gasteiger partial charge in [-0.2, -0.15) is 105 Å². The van der Waals surface area contributed by atoms with Crippen LogP contribution in [0.3, 0.4) is 0 Å². The van der Waals surface area contributed by atoms with Crippen molar-refractivity contribution in [3.8, 4) is 0 Å². The average Bonchev–Trinajstić information content (AvgIpc) is 3.60. The first-order valence-corrected chi connectivity index (χ1v) is 14.2. The number of halogens is 24. The molecule has 2 N–H and O–H groups in total. The first-order chi connectivity index (χ1) is 23.5. The molecule has 314 valence electrons. The van der Waals surface area contributed by atoms with E-state index in [1.54, 1.807) is 6.08 Å². The molecule has 28 heteroatoms. The smallest absolute Gasteiger partial charge is 0.373 e. The van der Waals surface area contributed by atoms with Crippen LogP contribution >= 0.6 is 0 Å². The first-order valence-electron chi connectivity index (χ1n) is 14.2. The fourth-order valence-electron chi connectivity index (χ4n) is 8.70. The van der Waals surface area contributed by atoms with Gasteiger partial charge in [0.2, 0.25) is 0 Å². The van der Waals surface area contributed by atoms with Crippen molar-refractivity contribution in [2.24, 2.45) is 40.9 Å². The maximum absolute atomic E-state index is 13.3. The molecule has 0 aromatic rings. The Morgan fingerprint density at radius 3 is 1.31 bits per heavy atom. The van der Waals surface area contributed by atoms with E-state index in [4.69, 9.17) is 5.11 Å². The van der Waals surface area contributed by atoms with Crippen molar-refractivity contribution < 1.29 is 127 Å². The molecule has 1 aliphatic heterocycles. The summed E-state index contributed by atoms with van der Waals surface area (Å²) in [5.41, 5.74) is -19.3. The lowest BCUT2D eigenvalue weighted by Crippen LogP contribution is -2.69. The lowest BCUT2D eigenvalue weighted by atomic mass is 9.75. The van der Waals surface area contributed by atoms with Crippen molar-refractivity contribution in [2.75, 3.05) is 0 Å². The van der Waals surface area contributed by atoms with Gasteiger partial charge in [0.05, 0.1) is 11.5 Å². The molecule has 0 radical (unpaired) electrons. The topological polar surface area (TPSA) is 66.8 Å². The zero-order valence-corrected chi connectivity index (χ0v) is 25.0. The standard InChI is InChI=1S/C13H8F12O2.C10H8F6O.C3F6O.H2/c14-10(15,16)8(11(17,18)19)4-2-1-3-5(4)7(3,6(2)27-8)9(26,12(20,21)22)13(23,24)25;11-9(12,13)8(17,10(14,15)16)7-4-5-1-2-6(7)3-5;4-2(5,6)1(10)3(7,8)9;/h2-6,26H,1H2;1-2,4-6,17H,3H2;;1H/i;;;1+1. The van der Waals surface area contributed by atoms with Gasteiger partial charge in [0.1, 0.15) is 0 Å². The number of ketones is 1. The van der Waals surface area contributed by atoms with E-state index in [2.05, 4.69) is 4.74 Å². The highest BCUT2D eigenvalue weighted by atomic mass is 19.4. The summed E-state index contributed by atoms with van der Waals surface area (Å²) < 4.78 is 304. The molecule has 54 heavy (non-hydrogen) atoms. The Labute approximate surface area is 283 Å². The highest BCUT2D eigenvalue weighted by molar-refractivity contribution is 5.89.